The van der Waals surface area contributed by atoms with Crippen molar-refractivity contribution in [2.24, 2.45) is 0 Å². The average Bonchev–Trinajstić information content (AvgIpc) is 2.56. The number of para-hydroxylation sites is 1. The zero-order valence-electron chi connectivity index (χ0n) is 12.0. The molecule has 0 aliphatic heterocycles. The van der Waals surface area contributed by atoms with E-state index >= 15 is 0 Å². The number of anilines is 3. The molecule has 114 valence electrons. The smallest absolute Gasteiger partial charge is 0.274 e. The summed E-state index contributed by atoms with van der Waals surface area (Å²) < 4.78 is 13.1. The molecule has 2 N–H and O–H groups in total. The number of nitrogens with one attached hydrogen (secondary N) is 2. The predicted octanol–water partition coefficient (Wildman–Crippen LogP) is 3.61. The van der Waals surface area contributed by atoms with Crippen molar-refractivity contribution < 1.29 is 9.18 Å². The van der Waals surface area contributed by atoms with Crippen LogP contribution in [0.25, 0.3) is 0 Å². The van der Waals surface area contributed by atoms with Gasteiger partial charge >= 0.3 is 0 Å². The molecule has 23 heavy (non-hydrogen) atoms. The molecule has 0 aliphatic rings. The van der Waals surface area contributed by atoms with E-state index in [0.29, 0.717) is 11.6 Å². The first-order valence-corrected chi connectivity index (χ1v) is 6.93. The first-order valence-electron chi connectivity index (χ1n) is 6.93. The highest BCUT2D eigenvalue weighted by Crippen LogP contribution is 2.13. The molecule has 2 aromatic carbocycles. The normalized spacial score (nSPS) is 10.1. The fourth-order valence-corrected chi connectivity index (χ4v) is 1.96. The number of hydrogen-bond donors (Lipinski definition) is 2. The van der Waals surface area contributed by atoms with Gasteiger partial charge in [-0.25, -0.2) is 14.4 Å². The van der Waals surface area contributed by atoms with Crippen LogP contribution in [0.5, 0.6) is 0 Å². The number of rotatable bonds is 4. The fraction of sp³-hybridized carbons (Fsp3) is 0. The first-order chi connectivity index (χ1) is 11.2. The molecule has 0 bridgehead atoms. The molecule has 0 atom stereocenters. The van der Waals surface area contributed by atoms with Crippen molar-refractivity contribution in [3.63, 3.8) is 0 Å². The summed E-state index contributed by atoms with van der Waals surface area (Å²) in [5.41, 5.74) is 1.36. The number of amides is 1. The van der Waals surface area contributed by atoms with Crippen LogP contribution in [0.3, 0.4) is 0 Å². The topological polar surface area (TPSA) is 66.9 Å². The van der Waals surface area contributed by atoms with Crippen molar-refractivity contribution in [3.05, 3.63) is 78.4 Å². The largest absolute Gasteiger partial charge is 0.324 e. The number of hydrogen-bond acceptors (Lipinski definition) is 4. The van der Waals surface area contributed by atoms with Crippen LogP contribution in [0.2, 0.25) is 0 Å². The summed E-state index contributed by atoms with van der Waals surface area (Å²) in [7, 11) is 0. The van der Waals surface area contributed by atoms with E-state index in [1.54, 1.807) is 6.07 Å². The maximum absolute atomic E-state index is 13.1. The highest BCUT2D eigenvalue weighted by Gasteiger charge is 2.09. The van der Waals surface area contributed by atoms with E-state index in [-0.39, 0.29) is 5.69 Å². The van der Waals surface area contributed by atoms with Gasteiger partial charge in [0, 0.05) is 17.6 Å². The van der Waals surface area contributed by atoms with Crippen LogP contribution in [-0.2, 0) is 0 Å². The summed E-state index contributed by atoms with van der Waals surface area (Å²) in [6.45, 7) is 0. The summed E-state index contributed by atoms with van der Waals surface area (Å²) in [6, 6.07) is 16.5. The highest BCUT2D eigenvalue weighted by molar-refractivity contribution is 6.02. The van der Waals surface area contributed by atoms with E-state index in [1.807, 2.05) is 30.3 Å². The molecule has 0 radical (unpaired) electrons. The zero-order chi connectivity index (χ0) is 16.1. The lowest BCUT2D eigenvalue weighted by atomic mass is 10.3. The molecule has 1 amide bonds. The van der Waals surface area contributed by atoms with Gasteiger partial charge in [-0.15, -0.1) is 0 Å². The molecule has 0 fully saturated rings. The highest BCUT2D eigenvalue weighted by atomic mass is 19.1. The van der Waals surface area contributed by atoms with Crippen LogP contribution in [0, 0.1) is 5.82 Å². The lowest BCUT2D eigenvalue weighted by Crippen LogP contribution is -2.14. The van der Waals surface area contributed by atoms with Gasteiger partial charge in [0.05, 0.1) is 0 Å². The fourth-order valence-electron chi connectivity index (χ4n) is 1.96. The van der Waals surface area contributed by atoms with Crippen LogP contribution in [0.4, 0.5) is 21.7 Å². The van der Waals surface area contributed by atoms with Gasteiger partial charge in [0.1, 0.15) is 11.5 Å². The maximum atomic E-state index is 13.1. The molecular weight excluding hydrogens is 295 g/mol. The lowest BCUT2D eigenvalue weighted by molar-refractivity contribution is 0.102. The second-order valence-corrected chi connectivity index (χ2v) is 4.72. The van der Waals surface area contributed by atoms with Crippen molar-refractivity contribution in [3.8, 4) is 0 Å². The monoisotopic (exact) mass is 308 g/mol. The van der Waals surface area contributed by atoms with Crippen LogP contribution in [0.1, 0.15) is 10.5 Å². The summed E-state index contributed by atoms with van der Waals surface area (Å²) in [5, 5.41) is 5.60. The van der Waals surface area contributed by atoms with Crippen molar-refractivity contribution in [2.75, 3.05) is 10.6 Å². The zero-order valence-corrected chi connectivity index (χ0v) is 12.0. The van der Waals surface area contributed by atoms with E-state index < -0.39 is 11.7 Å². The van der Waals surface area contributed by atoms with Crippen molar-refractivity contribution in [1.82, 2.24) is 9.97 Å². The van der Waals surface area contributed by atoms with Crippen molar-refractivity contribution in [2.45, 2.75) is 0 Å². The average molecular weight is 308 g/mol. The number of carbonyl (C=O) groups is 1. The van der Waals surface area contributed by atoms with E-state index in [1.165, 1.54) is 30.5 Å². The minimum atomic E-state index is -0.436. The minimum absolute atomic E-state index is 0.183. The third kappa shape index (κ3) is 3.88. The molecule has 0 aliphatic carbocycles. The Hall–Kier alpha value is -3.28. The van der Waals surface area contributed by atoms with E-state index in [0.717, 1.165) is 5.69 Å². The minimum Gasteiger partial charge on any atom is -0.324 e. The van der Waals surface area contributed by atoms with Gasteiger partial charge in [0.2, 0.25) is 5.95 Å². The third-order valence-corrected chi connectivity index (χ3v) is 3.00. The summed E-state index contributed by atoms with van der Waals surface area (Å²) in [6.07, 6.45) is 1.48. The van der Waals surface area contributed by atoms with Crippen LogP contribution in [0.15, 0.2) is 66.9 Å². The molecule has 0 saturated carbocycles. The number of halogens is 1. The van der Waals surface area contributed by atoms with E-state index in [4.69, 9.17) is 0 Å². The summed E-state index contributed by atoms with van der Waals surface area (Å²) in [5.74, 6) is -0.547. The number of carbonyl (C=O) groups excluding carboxylic acids is 1. The maximum Gasteiger partial charge on any atom is 0.274 e. The second kappa shape index (κ2) is 6.65. The third-order valence-electron chi connectivity index (χ3n) is 3.00. The Morgan fingerprint density at radius 3 is 2.52 bits per heavy atom. The molecule has 3 aromatic rings. The standard InChI is InChI=1S/C17H13FN4O/c18-12-5-4-8-14(11-12)20-16(23)15-9-10-19-17(22-15)21-13-6-2-1-3-7-13/h1-11H,(H,20,23)(H,19,21,22). The van der Waals surface area contributed by atoms with Gasteiger partial charge in [0.25, 0.3) is 5.91 Å². The van der Waals surface area contributed by atoms with Gasteiger partial charge in [-0.05, 0) is 36.4 Å². The van der Waals surface area contributed by atoms with Crippen LogP contribution in [-0.4, -0.2) is 15.9 Å². The Morgan fingerprint density at radius 1 is 0.957 bits per heavy atom. The van der Waals surface area contributed by atoms with Gasteiger partial charge < -0.3 is 10.6 Å². The first kappa shape index (κ1) is 14.6. The molecular formula is C17H13FN4O. The number of benzene rings is 2. The van der Waals surface area contributed by atoms with Crippen molar-refractivity contribution in [1.29, 1.82) is 0 Å². The SMILES string of the molecule is O=C(Nc1cccc(F)c1)c1ccnc(Nc2ccccc2)n1. The van der Waals surface area contributed by atoms with Gasteiger partial charge in [-0.1, -0.05) is 24.3 Å². The van der Waals surface area contributed by atoms with Gasteiger partial charge in [-0.3, -0.25) is 4.79 Å². The Labute approximate surface area is 132 Å². The molecule has 5 nitrogen and oxygen atoms in total. The molecule has 0 saturated heterocycles. The van der Waals surface area contributed by atoms with Gasteiger partial charge in [-0.2, -0.15) is 0 Å². The number of nitrogens with zero attached hydrogens (tertiary/aromatic N) is 2. The van der Waals surface area contributed by atoms with Crippen molar-refractivity contribution >= 4 is 23.2 Å². The molecule has 1 aromatic heterocycles. The molecule has 1 heterocycles. The quantitative estimate of drug-likeness (QED) is 0.772. The van der Waals surface area contributed by atoms with Gasteiger partial charge in [0.15, 0.2) is 0 Å². The molecule has 0 spiro atoms. The Bertz CT molecular complexity index is 824. The summed E-state index contributed by atoms with van der Waals surface area (Å²) >= 11 is 0. The summed E-state index contributed by atoms with van der Waals surface area (Å²) in [4.78, 5) is 20.4. The Morgan fingerprint density at radius 2 is 1.74 bits per heavy atom. The second-order valence-electron chi connectivity index (χ2n) is 4.72. The Kier molecular flexibility index (Phi) is 4.24. The molecule has 3 rings (SSSR count). The molecule has 0 unspecified atom stereocenters. The lowest BCUT2D eigenvalue weighted by Gasteiger charge is -2.07. The number of aromatic nitrogens is 2. The Balaban J connectivity index is 1.75. The predicted molar refractivity (Wildman–Crippen MR) is 86.1 cm³/mol. The van der Waals surface area contributed by atoms with E-state index in [9.17, 15) is 9.18 Å². The van der Waals surface area contributed by atoms with Crippen LogP contribution >= 0.6 is 0 Å². The van der Waals surface area contributed by atoms with E-state index in [2.05, 4.69) is 20.6 Å². The molecule has 6 heteroatoms. The van der Waals surface area contributed by atoms with Crippen LogP contribution < -0.4 is 10.6 Å².